The molecule has 4 aromatic carbocycles. The van der Waals surface area contributed by atoms with E-state index in [-0.39, 0.29) is 5.41 Å². The van der Waals surface area contributed by atoms with E-state index in [0.717, 1.165) is 6.42 Å². The predicted octanol–water partition coefficient (Wildman–Crippen LogP) is 7.98. The number of benzene rings is 4. The van der Waals surface area contributed by atoms with E-state index in [2.05, 4.69) is 146 Å². The van der Waals surface area contributed by atoms with Crippen LogP contribution < -0.4 is 9.13 Å². The molecule has 2 heteroatoms. The van der Waals surface area contributed by atoms with Crippen molar-refractivity contribution in [2.45, 2.75) is 44.6 Å². The first-order valence-corrected chi connectivity index (χ1v) is 14.5. The average molecular weight is 519 g/mol. The predicted molar refractivity (Wildman–Crippen MR) is 163 cm³/mol. The molecule has 8 rings (SSSR count). The van der Waals surface area contributed by atoms with E-state index < -0.39 is 0 Å². The molecule has 0 radical (unpaired) electrons. The zero-order valence-electron chi connectivity index (χ0n) is 23.6. The van der Waals surface area contributed by atoms with Crippen molar-refractivity contribution in [3.63, 3.8) is 0 Å². The van der Waals surface area contributed by atoms with E-state index in [0.29, 0.717) is 12.0 Å². The van der Waals surface area contributed by atoms with Gasteiger partial charge in [0.1, 0.15) is 7.05 Å². The normalized spacial score (nSPS) is 18.3. The van der Waals surface area contributed by atoms with E-state index in [4.69, 9.17) is 0 Å². The molecule has 2 atom stereocenters. The summed E-state index contributed by atoms with van der Waals surface area (Å²) in [5.41, 5.74) is 11.2. The number of nitrogens with zero attached hydrogens (tertiary/aromatic N) is 2. The van der Waals surface area contributed by atoms with Crippen molar-refractivity contribution < 1.29 is 9.13 Å². The van der Waals surface area contributed by atoms with Gasteiger partial charge in [0, 0.05) is 29.9 Å². The third kappa shape index (κ3) is 3.11. The van der Waals surface area contributed by atoms with Crippen LogP contribution in [-0.4, -0.2) is 0 Å². The molecule has 40 heavy (non-hydrogen) atoms. The Bertz CT molecular complexity index is 2000. The summed E-state index contributed by atoms with van der Waals surface area (Å²) in [4.78, 5) is 0. The van der Waals surface area contributed by atoms with Gasteiger partial charge in [0.15, 0.2) is 18.4 Å². The van der Waals surface area contributed by atoms with Crippen LogP contribution in [-0.2, 0) is 18.9 Å². The summed E-state index contributed by atoms with van der Waals surface area (Å²) in [6.07, 6.45) is 5.53. The van der Waals surface area contributed by atoms with Gasteiger partial charge in [-0.25, -0.2) is 4.57 Å². The number of fused-ring (bicyclic) bond motifs is 1. The fraction of sp³-hybridized carbons (Fsp3) is 0.211. The number of hydrogen-bond donors (Lipinski definition) is 0. The van der Waals surface area contributed by atoms with Crippen molar-refractivity contribution >= 4 is 21.5 Å². The van der Waals surface area contributed by atoms with E-state index in [9.17, 15) is 0 Å². The van der Waals surface area contributed by atoms with E-state index >= 15 is 0 Å². The second-order valence-electron chi connectivity index (χ2n) is 12.3. The molecule has 1 aliphatic carbocycles. The van der Waals surface area contributed by atoms with Crippen LogP contribution in [0.15, 0.2) is 109 Å². The number of aryl methyl sites for hydroxylation is 1. The Labute approximate surface area is 236 Å². The molecule has 3 heterocycles. The largest absolute Gasteiger partial charge is 0.221 e. The van der Waals surface area contributed by atoms with Crippen molar-refractivity contribution in [3.8, 4) is 22.5 Å². The number of pyridine rings is 2. The minimum atomic E-state index is -0.0285. The van der Waals surface area contributed by atoms with Gasteiger partial charge in [-0.05, 0) is 45.2 Å². The summed E-state index contributed by atoms with van der Waals surface area (Å²) in [7, 11) is 2.17. The van der Waals surface area contributed by atoms with Crippen LogP contribution in [0.4, 0.5) is 0 Å². The van der Waals surface area contributed by atoms with Gasteiger partial charge in [-0.15, -0.1) is 0 Å². The highest BCUT2D eigenvalue weighted by Crippen LogP contribution is 2.52. The lowest BCUT2D eigenvalue weighted by Gasteiger charge is -2.39. The summed E-state index contributed by atoms with van der Waals surface area (Å²) in [5.74, 6) is 0.389. The molecule has 2 aromatic heterocycles. The zero-order valence-corrected chi connectivity index (χ0v) is 23.6. The molecule has 0 fully saturated rings. The van der Waals surface area contributed by atoms with Gasteiger partial charge in [0.25, 0.3) is 0 Å². The number of aromatic nitrogens is 2. The van der Waals surface area contributed by atoms with Crippen molar-refractivity contribution in [1.29, 1.82) is 0 Å². The van der Waals surface area contributed by atoms with Gasteiger partial charge in [0.2, 0.25) is 11.4 Å². The quantitative estimate of drug-likeness (QED) is 0.210. The van der Waals surface area contributed by atoms with Crippen LogP contribution in [0.2, 0.25) is 0 Å². The maximum Gasteiger partial charge on any atom is 0.221 e. The smallest absolute Gasteiger partial charge is 0.200 e. The Morgan fingerprint density at radius 2 is 1.43 bits per heavy atom. The first kappa shape index (κ1) is 23.6. The van der Waals surface area contributed by atoms with Gasteiger partial charge in [-0.2, -0.15) is 4.57 Å². The molecule has 2 aliphatic rings. The minimum Gasteiger partial charge on any atom is -0.200 e. The molecule has 0 spiro atoms. The number of rotatable bonds is 3. The van der Waals surface area contributed by atoms with Crippen LogP contribution >= 0.6 is 0 Å². The Hall–Kier alpha value is -4.30. The molecule has 1 aliphatic heterocycles. The molecule has 0 saturated carbocycles. The summed E-state index contributed by atoms with van der Waals surface area (Å²) in [5, 5.41) is 5.35. The van der Waals surface area contributed by atoms with Gasteiger partial charge < -0.3 is 0 Å². The van der Waals surface area contributed by atoms with Crippen LogP contribution in [0.5, 0.6) is 0 Å². The Morgan fingerprint density at radius 3 is 2.33 bits per heavy atom. The lowest BCUT2D eigenvalue weighted by atomic mass is 9.66. The monoisotopic (exact) mass is 518 g/mol. The number of hydrogen-bond acceptors (Lipinski definition) is 0. The molecular formula is C38H34N2+2. The Kier molecular flexibility index (Phi) is 4.92. The van der Waals surface area contributed by atoms with Crippen LogP contribution in [0.3, 0.4) is 0 Å². The van der Waals surface area contributed by atoms with Gasteiger partial charge >= 0.3 is 0 Å². The van der Waals surface area contributed by atoms with Crippen LogP contribution in [0.25, 0.3) is 44.1 Å². The summed E-state index contributed by atoms with van der Waals surface area (Å²) >= 11 is 0. The highest BCUT2D eigenvalue weighted by atomic mass is 15.0. The fourth-order valence-corrected chi connectivity index (χ4v) is 7.80. The third-order valence-corrected chi connectivity index (χ3v) is 9.86. The molecule has 2 nitrogen and oxygen atoms in total. The Balaban J connectivity index is 1.36. The molecule has 0 amide bonds. The first-order valence-electron chi connectivity index (χ1n) is 14.5. The van der Waals surface area contributed by atoms with Crippen molar-refractivity contribution in [2.75, 3.05) is 0 Å². The fourth-order valence-electron chi connectivity index (χ4n) is 7.80. The Morgan fingerprint density at radius 1 is 0.700 bits per heavy atom. The third-order valence-electron chi connectivity index (χ3n) is 9.86. The van der Waals surface area contributed by atoms with Crippen LogP contribution in [0, 0.1) is 0 Å². The highest BCUT2D eigenvalue weighted by molar-refractivity contribution is 6.01. The lowest BCUT2D eigenvalue weighted by Crippen LogP contribution is -2.49. The molecule has 0 N–H and O–H groups in total. The maximum atomic E-state index is 2.62. The van der Waals surface area contributed by atoms with Gasteiger partial charge in [0.05, 0.1) is 21.9 Å². The van der Waals surface area contributed by atoms with E-state index in [1.165, 1.54) is 66.3 Å². The van der Waals surface area contributed by atoms with Crippen LogP contribution in [0.1, 0.15) is 55.0 Å². The first-order chi connectivity index (χ1) is 19.4. The topological polar surface area (TPSA) is 7.76 Å². The van der Waals surface area contributed by atoms with Gasteiger partial charge in [-0.1, -0.05) is 93.6 Å². The summed E-state index contributed by atoms with van der Waals surface area (Å²) in [6.45, 7) is 7.23. The summed E-state index contributed by atoms with van der Waals surface area (Å²) < 4.78 is 4.91. The van der Waals surface area contributed by atoms with E-state index in [1.54, 1.807) is 0 Å². The van der Waals surface area contributed by atoms with Crippen molar-refractivity contribution in [2.24, 2.45) is 7.05 Å². The highest BCUT2D eigenvalue weighted by Gasteiger charge is 2.46. The lowest BCUT2D eigenvalue weighted by molar-refractivity contribution is -0.716. The molecule has 0 saturated heterocycles. The van der Waals surface area contributed by atoms with E-state index in [1.807, 2.05) is 0 Å². The van der Waals surface area contributed by atoms with Crippen molar-refractivity contribution in [1.82, 2.24) is 0 Å². The van der Waals surface area contributed by atoms with Gasteiger partial charge in [-0.3, -0.25) is 0 Å². The summed E-state index contributed by atoms with van der Waals surface area (Å²) in [6, 6.07) is 36.6. The average Bonchev–Trinajstić information content (AvgIpc) is 2.98. The molecule has 6 aromatic rings. The van der Waals surface area contributed by atoms with Crippen molar-refractivity contribution in [3.05, 3.63) is 132 Å². The molecule has 2 unspecified atom stereocenters. The standard InChI is InChI=1S/C38H34N2/c1-24-28-16-10-18-32-35(28)37-34-26(13-9-17-31(34)38(32,2)3)20-22-40(37)33(24)23-27-12-6-8-15-30(27)36-29-14-7-5-11-25(29)19-21-39(36)4/h5-22,24,33H,23H2,1-4H3/q+2. The molecule has 194 valence electrons. The SMILES string of the molecule is CC1c2cccc3c2-c2c4c(cccc4cc[n+]2C1Cc1ccccc1-c1c2ccccc2cc[n+]1C)C3(C)C. The maximum absolute atomic E-state index is 2.62. The minimum absolute atomic E-state index is 0.0285. The second kappa shape index (κ2) is 8.35. The zero-order chi connectivity index (χ0) is 27.2. The second-order valence-corrected chi connectivity index (χ2v) is 12.3. The molecular weight excluding hydrogens is 484 g/mol. The molecule has 0 bridgehead atoms.